The fourth-order valence-electron chi connectivity index (χ4n) is 3.78. The molecule has 136 valence electrons. The van der Waals surface area contributed by atoms with Gasteiger partial charge in [0, 0.05) is 45.2 Å². The maximum Gasteiger partial charge on any atom is 0.194 e. The van der Waals surface area contributed by atoms with Gasteiger partial charge < -0.3 is 20.2 Å². The normalized spacial score (nSPS) is 23.0. The number of aliphatic imine (C=N–C) groups is 1. The standard InChI is InChI=1S/C21H26N4O/c1-22-21(23-18-15-17(18)16-7-3-2-4-8-16)25-13-11-24(12-14-25)19-9-5-6-10-20(19)26/h2-10,17-18,26H,11-15H2,1H3,(H,22,23). The van der Waals surface area contributed by atoms with Crippen molar-refractivity contribution in [3.8, 4) is 5.75 Å². The van der Waals surface area contributed by atoms with Crippen molar-refractivity contribution in [3.05, 3.63) is 60.2 Å². The lowest BCUT2D eigenvalue weighted by Gasteiger charge is -2.38. The molecule has 0 bridgehead atoms. The molecule has 2 aromatic rings. The topological polar surface area (TPSA) is 51.1 Å². The van der Waals surface area contributed by atoms with E-state index in [0.29, 0.717) is 17.7 Å². The van der Waals surface area contributed by atoms with Gasteiger partial charge in [-0.2, -0.15) is 0 Å². The zero-order chi connectivity index (χ0) is 17.9. The van der Waals surface area contributed by atoms with Gasteiger partial charge in [0.2, 0.25) is 0 Å². The van der Waals surface area contributed by atoms with Crippen LogP contribution >= 0.6 is 0 Å². The molecule has 0 aromatic heterocycles. The molecule has 0 radical (unpaired) electrons. The highest BCUT2D eigenvalue weighted by molar-refractivity contribution is 5.81. The molecule has 2 unspecified atom stereocenters. The summed E-state index contributed by atoms with van der Waals surface area (Å²) < 4.78 is 0. The maximum absolute atomic E-state index is 10.1. The number of benzene rings is 2. The van der Waals surface area contributed by atoms with Gasteiger partial charge in [0.1, 0.15) is 5.75 Å². The number of anilines is 1. The van der Waals surface area contributed by atoms with Gasteiger partial charge in [-0.3, -0.25) is 4.99 Å². The van der Waals surface area contributed by atoms with Crippen LogP contribution in [0.25, 0.3) is 0 Å². The van der Waals surface area contributed by atoms with Gasteiger partial charge in [-0.15, -0.1) is 0 Å². The second-order valence-electron chi connectivity index (χ2n) is 7.01. The van der Waals surface area contributed by atoms with E-state index in [-0.39, 0.29) is 0 Å². The summed E-state index contributed by atoms with van der Waals surface area (Å²) in [6, 6.07) is 18.7. The van der Waals surface area contributed by atoms with Crippen molar-refractivity contribution >= 4 is 11.6 Å². The van der Waals surface area contributed by atoms with Gasteiger partial charge in [0.25, 0.3) is 0 Å². The van der Waals surface area contributed by atoms with Crippen LogP contribution in [0.3, 0.4) is 0 Å². The van der Waals surface area contributed by atoms with Crippen LogP contribution in [-0.4, -0.2) is 55.2 Å². The van der Waals surface area contributed by atoms with Gasteiger partial charge in [0.15, 0.2) is 5.96 Å². The Morgan fingerprint density at radius 3 is 2.38 bits per heavy atom. The van der Waals surface area contributed by atoms with Crippen molar-refractivity contribution in [1.29, 1.82) is 0 Å². The zero-order valence-electron chi connectivity index (χ0n) is 15.2. The van der Waals surface area contributed by atoms with Crippen molar-refractivity contribution in [3.63, 3.8) is 0 Å². The predicted molar refractivity (Wildman–Crippen MR) is 106 cm³/mol. The lowest BCUT2D eigenvalue weighted by Crippen LogP contribution is -2.53. The Bertz CT molecular complexity index is 769. The number of hydrogen-bond acceptors (Lipinski definition) is 3. The third kappa shape index (κ3) is 3.47. The monoisotopic (exact) mass is 350 g/mol. The van der Waals surface area contributed by atoms with Crippen LogP contribution in [0.1, 0.15) is 17.9 Å². The molecule has 5 heteroatoms. The summed E-state index contributed by atoms with van der Waals surface area (Å²) in [5, 5.41) is 13.7. The molecule has 0 spiro atoms. The summed E-state index contributed by atoms with van der Waals surface area (Å²) in [6.45, 7) is 3.56. The molecule has 1 heterocycles. The van der Waals surface area contributed by atoms with E-state index >= 15 is 0 Å². The van der Waals surface area contributed by atoms with Gasteiger partial charge >= 0.3 is 0 Å². The molecule has 1 saturated heterocycles. The number of nitrogens with one attached hydrogen (secondary N) is 1. The van der Waals surface area contributed by atoms with Gasteiger partial charge in [-0.05, 0) is 24.1 Å². The molecule has 2 aromatic carbocycles. The SMILES string of the molecule is CN=C(NC1CC1c1ccccc1)N1CCN(c2ccccc2O)CC1. The summed E-state index contributed by atoms with van der Waals surface area (Å²) in [5.41, 5.74) is 2.33. The van der Waals surface area contributed by atoms with Crippen LogP contribution in [0.4, 0.5) is 5.69 Å². The van der Waals surface area contributed by atoms with E-state index < -0.39 is 0 Å². The molecule has 2 aliphatic rings. The van der Waals surface area contributed by atoms with E-state index in [1.807, 2.05) is 25.2 Å². The molecule has 2 fully saturated rings. The number of phenols is 1. The quantitative estimate of drug-likeness (QED) is 0.660. The smallest absolute Gasteiger partial charge is 0.194 e. The molecule has 1 saturated carbocycles. The van der Waals surface area contributed by atoms with Gasteiger partial charge in [-0.25, -0.2) is 0 Å². The Morgan fingerprint density at radius 1 is 1.00 bits per heavy atom. The number of para-hydroxylation sites is 2. The number of nitrogens with zero attached hydrogens (tertiary/aromatic N) is 3. The molecule has 4 rings (SSSR count). The van der Waals surface area contributed by atoms with Crippen LogP contribution in [0.2, 0.25) is 0 Å². The Balaban J connectivity index is 1.33. The largest absolute Gasteiger partial charge is 0.506 e. The Morgan fingerprint density at radius 2 is 1.69 bits per heavy atom. The van der Waals surface area contributed by atoms with E-state index in [4.69, 9.17) is 0 Å². The number of piperazine rings is 1. The summed E-state index contributed by atoms with van der Waals surface area (Å²) >= 11 is 0. The zero-order valence-corrected chi connectivity index (χ0v) is 15.2. The number of phenolic OH excluding ortho intramolecular Hbond substituents is 1. The second kappa shape index (κ2) is 7.28. The van der Waals surface area contributed by atoms with Crippen LogP contribution in [-0.2, 0) is 0 Å². The van der Waals surface area contributed by atoms with Crippen molar-refractivity contribution in [2.24, 2.45) is 4.99 Å². The van der Waals surface area contributed by atoms with Crippen LogP contribution in [0, 0.1) is 0 Å². The van der Waals surface area contributed by atoms with Crippen LogP contribution in [0.5, 0.6) is 5.75 Å². The van der Waals surface area contributed by atoms with Gasteiger partial charge in [0.05, 0.1) is 5.69 Å². The van der Waals surface area contributed by atoms with E-state index in [1.165, 1.54) is 12.0 Å². The first kappa shape index (κ1) is 16.8. The molecule has 2 N–H and O–H groups in total. The lowest BCUT2D eigenvalue weighted by molar-refractivity contribution is 0.369. The first-order valence-corrected chi connectivity index (χ1v) is 9.32. The van der Waals surface area contributed by atoms with E-state index in [0.717, 1.165) is 37.8 Å². The fourth-order valence-corrected chi connectivity index (χ4v) is 3.78. The van der Waals surface area contributed by atoms with Crippen molar-refractivity contribution in [2.75, 3.05) is 38.1 Å². The summed E-state index contributed by atoms with van der Waals surface area (Å²) in [4.78, 5) is 9.05. The van der Waals surface area contributed by atoms with Crippen molar-refractivity contribution in [2.45, 2.75) is 18.4 Å². The predicted octanol–water partition coefficient (Wildman–Crippen LogP) is 2.65. The minimum absolute atomic E-state index is 0.354. The second-order valence-corrected chi connectivity index (χ2v) is 7.01. The molecule has 1 aliphatic carbocycles. The molecular weight excluding hydrogens is 324 g/mol. The molecule has 1 aliphatic heterocycles. The van der Waals surface area contributed by atoms with Crippen molar-refractivity contribution < 1.29 is 5.11 Å². The average molecular weight is 350 g/mol. The Labute approximate surface area is 155 Å². The summed E-state index contributed by atoms with van der Waals surface area (Å²) in [5.74, 6) is 1.94. The van der Waals surface area contributed by atoms with E-state index in [1.54, 1.807) is 6.07 Å². The summed E-state index contributed by atoms with van der Waals surface area (Å²) in [6.07, 6.45) is 1.17. The fraction of sp³-hybridized carbons (Fsp3) is 0.381. The minimum atomic E-state index is 0.354. The molecular formula is C21H26N4O. The number of hydrogen-bond donors (Lipinski definition) is 2. The number of guanidine groups is 1. The van der Waals surface area contributed by atoms with Crippen LogP contribution in [0.15, 0.2) is 59.6 Å². The lowest BCUT2D eigenvalue weighted by atomic mass is 10.1. The minimum Gasteiger partial charge on any atom is -0.506 e. The number of rotatable bonds is 3. The molecule has 5 nitrogen and oxygen atoms in total. The van der Waals surface area contributed by atoms with Gasteiger partial charge in [-0.1, -0.05) is 42.5 Å². The highest BCUT2D eigenvalue weighted by Gasteiger charge is 2.39. The highest BCUT2D eigenvalue weighted by atomic mass is 16.3. The highest BCUT2D eigenvalue weighted by Crippen LogP contribution is 2.40. The third-order valence-electron chi connectivity index (χ3n) is 5.35. The molecule has 2 atom stereocenters. The van der Waals surface area contributed by atoms with E-state index in [2.05, 4.69) is 50.4 Å². The average Bonchev–Trinajstić information content (AvgIpc) is 3.47. The first-order chi connectivity index (χ1) is 12.8. The molecule has 26 heavy (non-hydrogen) atoms. The Kier molecular flexibility index (Phi) is 4.69. The van der Waals surface area contributed by atoms with Crippen molar-refractivity contribution in [1.82, 2.24) is 10.2 Å². The first-order valence-electron chi connectivity index (χ1n) is 9.32. The maximum atomic E-state index is 10.1. The number of aromatic hydroxyl groups is 1. The van der Waals surface area contributed by atoms with Crippen LogP contribution < -0.4 is 10.2 Å². The van der Waals surface area contributed by atoms with E-state index in [9.17, 15) is 5.11 Å². The third-order valence-corrected chi connectivity index (χ3v) is 5.35. The summed E-state index contributed by atoms with van der Waals surface area (Å²) in [7, 11) is 1.86. The Hall–Kier alpha value is -2.69. The molecule has 0 amide bonds.